The predicted molar refractivity (Wildman–Crippen MR) is 129 cm³/mol. The zero-order valence-corrected chi connectivity index (χ0v) is 19.9. The summed E-state index contributed by atoms with van der Waals surface area (Å²) in [6.45, 7) is 10.2. The van der Waals surface area contributed by atoms with Gasteiger partial charge in [0.05, 0.1) is 13.1 Å². The molecule has 8 heteroatoms. The Morgan fingerprint density at radius 2 is 1.90 bits per heavy atom. The van der Waals surface area contributed by atoms with E-state index in [0.717, 1.165) is 37.7 Å². The maximum absolute atomic E-state index is 12.1. The predicted octanol–water partition coefficient (Wildman–Crippen LogP) is 2.86. The lowest BCUT2D eigenvalue weighted by Gasteiger charge is -2.19. The fourth-order valence-electron chi connectivity index (χ4n) is 2.94. The van der Waals surface area contributed by atoms with E-state index in [1.165, 1.54) is 5.56 Å². The van der Waals surface area contributed by atoms with Crippen LogP contribution in [0.1, 0.15) is 38.3 Å². The Balaban J connectivity index is 0.00000420. The summed E-state index contributed by atoms with van der Waals surface area (Å²) in [5, 5.41) is 10.7. The Bertz CT molecular complexity index is 743. The summed E-state index contributed by atoms with van der Waals surface area (Å²) in [4.78, 5) is 18.6. The molecule has 0 radical (unpaired) electrons. The van der Waals surface area contributed by atoms with Crippen LogP contribution in [0.4, 0.5) is 0 Å². The molecule has 2 rings (SSSR count). The van der Waals surface area contributed by atoms with Gasteiger partial charge < -0.3 is 15.5 Å². The van der Waals surface area contributed by atoms with Crippen LogP contribution in [0, 0.1) is 0 Å². The normalized spacial score (nSPS) is 10.9. The molecule has 0 bridgehead atoms. The van der Waals surface area contributed by atoms with Crippen LogP contribution in [0.3, 0.4) is 0 Å². The molecule has 0 aliphatic carbocycles. The minimum Gasteiger partial charge on any atom is -0.357 e. The van der Waals surface area contributed by atoms with Gasteiger partial charge in [0.15, 0.2) is 5.96 Å². The molecule has 0 saturated carbocycles. The Kier molecular flexibility index (Phi) is 12.0. The van der Waals surface area contributed by atoms with E-state index < -0.39 is 0 Å². The number of halogens is 1. The Labute approximate surface area is 191 Å². The third-order valence-electron chi connectivity index (χ3n) is 4.41. The molecule has 0 aliphatic rings. The van der Waals surface area contributed by atoms with Gasteiger partial charge in [-0.3, -0.25) is 9.48 Å². The molecule has 0 unspecified atom stereocenters. The number of rotatable bonds is 10. The van der Waals surface area contributed by atoms with Gasteiger partial charge in [0, 0.05) is 45.0 Å². The summed E-state index contributed by atoms with van der Waals surface area (Å²) in [6, 6.07) is 10.3. The Morgan fingerprint density at radius 1 is 1.14 bits per heavy atom. The molecule has 1 heterocycles. The number of hydrogen-bond acceptors (Lipinski definition) is 3. The van der Waals surface area contributed by atoms with Crippen LogP contribution in [0.5, 0.6) is 0 Å². The van der Waals surface area contributed by atoms with E-state index in [9.17, 15) is 4.79 Å². The van der Waals surface area contributed by atoms with Gasteiger partial charge in [0.1, 0.15) is 0 Å². The highest BCUT2D eigenvalue weighted by atomic mass is 127. The first kappa shape index (κ1) is 24.9. The fraction of sp³-hybridized carbons (Fsp3) is 0.476. The number of aromatic nitrogens is 2. The first-order valence-corrected chi connectivity index (χ1v) is 10.0. The summed E-state index contributed by atoms with van der Waals surface area (Å²) in [7, 11) is 0. The second-order valence-electron chi connectivity index (χ2n) is 6.46. The topological polar surface area (TPSA) is 74.5 Å². The molecule has 1 amide bonds. The van der Waals surface area contributed by atoms with Crippen molar-refractivity contribution in [2.75, 3.05) is 26.2 Å². The molecule has 0 saturated heterocycles. The number of nitrogens with zero attached hydrogens (tertiary/aromatic N) is 4. The molecule has 7 nitrogen and oxygen atoms in total. The lowest BCUT2D eigenvalue weighted by Crippen LogP contribution is -2.40. The smallest absolute Gasteiger partial charge is 0.224 e. The van der Waals surface area contributed by atoms with Gasteiger partial charge in [-0.1, -0.05) is 24.3 Å². The van der Waals surface area contributed by atoms with E-state index in [-0.39, 0.29) is 29.9 Å². The largest absolute Gasteiger partial charge is 0.357 e. The molecule has 1 aromatic heterocycles. The highest BCUT2D eigenvalue weighted by Crippen LogP contribution is 2.08. The van der Waals surface area contributed by atoms with Gasteiger partial charge in [0.2, 0.25) is 5.91 Å². The molecule has 2 aromatic rings. The first-order chi connectivity index (χ1) is 13.7. The summed E-state index contributed by atoms with van der Waals surface area (Å²) < 4.78 is 1.90. The SMILES string of the molecule is CCNC(=NCc1cccc(Cn2cccn2)c1)NCCC(=O)N(CC)CC.I. The van der Waals surface area contributed by atoms with Gasteiger partial charge in [-0.2, -0.15) is 5.10 Å². The maximum atomic E-state index is 12.1. The molecule has 29 heavy (non-hydrogen) atoms. The van der Waals surface area contributed by atoms with Crippen LogP contribution in [0.25, 0.3) is 0 Å². The second kappa shape index (κ2) is 14.0. The number of nitrogens with one attached hydrogen (secondary N) is 2. The fourth-order valence-corrected chi connectivity index (χ4v) is 2.94. The third kappa shape index (κ3) is 8.84. The van der Waals surface area contributed by atoms with Crippen LogP contribution in [-0.4, -0.2) is 52.7 Å². The molecule has 0 fully saturated rings. The summed E-state index contributed by atoms with van der Waals surface area (Å²) in [5.41, 5.74) is 2.33. The van der Waals surface area contributed by atoms with Gasteiger partial charge in [-0.05, 0) is 38.0 Å². The molecular weight excluding hydrogens is 479 g/mol. The first-order valence-electron chi connectivity index (χ1n) is 10.0. The molecule has 0 aliphatic heterocycles. The Hall–Kier alpha value is -2.10. The van der Waals surface area contributed by atoms with Crippen molar-refractivity contribution >= 4 is 35.8 Å². The van der Waals surface area contributed by atoms with Crippen LogP contribution in [0.2, 0.25) is 0 Å². The van der Waals surface area contributed by atoms with Crippen molar-refractivity contribution in [3.63, 3.8) is 0 Å². The van der Waals surface area contributed by atoms with Crippen molar-refractivity contribution in [3.05, 3.63) is 53.9 Å². The number of benzene rings is 1. The van der Waals surface area contributed by atoms with E-state index in [4.69, 9.17) is 0 Å². The van der Waals surface area contributed by atoms with Crippen molar-refractivity contribution < 1.29 is 4.79 Å². The average molecular weight is 512 g/mol. The summed E-state index contributed by atoms with van der Waals surface area (Å²) >= 11 is 0. The molecule has 160 valence electrons. The van der Waals surface area contributed by atoms with Gasteiger partial charge >= 0.3 is 0 Å². The van der Waals surface area contributed by atoms with E-state index in [2.05, 4.69) is 38.9 Å². The number of aliphatic imine (C=N–C) groups is 1. The Morgan fingerprint density at radius 3 is 2.55 bits per heavy atom. The van der Waals surface area contributed by atoms with Crippen molar-refractivity contribution in [1.82, 2.24) is 25.3 Å². The van der Waals surface area contributed by atoms with E-state index >= 15 is 0 Å². The maximum Gasteiger partial charge on any atom is 0.224 e. The zero-order chi connectivity index (χ0) is 20.2. The number of carbonyl (C=O) groups excluding carboxylic acids is 1. The monoisotopic (exact) mass is 512 g/mol. The number of guanidine groups is 1. The second-order valence-corrected chi connectivity index (χ2v) is 6.46. The highest BCUT2D eigenvalue weighted by Gasteiger charge is 2.09. The van der Waals surface area contributed by atoms with Crippen molar-refractivity contribution in [2.45, 2.75) is 40.3 Å². The minimum atomic E-state index is 0. The summed E-state index contributed by atoms with van der Waals surface area (Å²) in [5.74, 6) is 0.895. The zero-order valence-electron chi connectivity index (χ0n) is 17.6. The lowest BCUT2D eigenvalue weighted by molar-refractivity contribution is -0.130. The van der Waals surface area contributed by atoms with Crippen molar-refractivity contribution in [2.24, 2.45) is 4.99 Å². The molecule has 1 aromatic carbocycles. The highest BCUT2D eigenvalue weighted by molar-refractivity contribution is 14.0. The van der Waals surface area contributed by atoms with Gasteiger partial charge in [0.25, 0.3) is 0 Å². The average Bonchev–Trinajstić information content (AvgIpc) is 3.20. The van der Waals surface area contributed by atoms with Gasteiger partial charge in [-0.15, -0.1) is 24.0 Å². The third-order valence-corrected chi connectivity index (χ3v) is 4.41. The quantitative estimate of drug-likeness (QED) is 0.292. The van der Waals surface area contributed by atoms with Crippen LogP contribution < -0.4 is 10.6 Å². The van der Waals surface area contributed by atoms with Crippen LogP contribution in [0.15, 0.2) is 47.7 Å². The molecular formula is C21H33IN6O. The molecule has 0 atom stereocenters. The van der Waals surface area contributed by atoms with Crippen LogP contribution in [-0.2, 0) is 17.9 Å². The lowest BCUT2D eigenvalue weighted by atomic mass is 10.1. The number of hydrogen-bond donors (Lipinski definition) is 2. The van der Waals surface area contributed by atoms with Crippen LogP contribution >= 0.6 is 24.0 Å². The van der Waals surface area contributed by atoms with Gasteiger partial charge in [-0.25, -0.2) is 4.99 Å². The standard InChI is InChI=1S/C21H32N6O.HI/c1-4-22-21(23-13-11-20(28)26(5-2)6-3)24-16-18-9-7-10-19(15-18)17-27-14-8-12-25-27;/h7-10,12,14-15H,4-6,11,13,16-17H2,1-3H3,(H2,22,23,24);1H. The molecule has 2 N–H and O–H groups in total. The number of carbonyl (C=O) groups is 1. The van der Waals surface area contributed by atoms with Crippen molar-refractivity contribution in [3.8, 4) is 0 Å². The molecule has 0 spiro atoms. The van der Waals surface area contributed by atoms with E-state index in [1.807, 2.05) is 48.7 Å². The van der Waals surface area contributed by atoms with E-state index in [0.29, 0.717) is 19.5 Å². The number of amides is 1. The van der Waals surface area contributed by atoms with E-state index in [1.54, 1.807) is 6.20 Å². The van der Waals surface area contributed by atoms with Crippen molar-refractivity contribution in [1.29, 1.82) is 0 Å². The minimum absolute atomic E-state index is 0. The summed E-state index contributed by atoms with van der Waals surface area (Å²) in [6.07, 6.45) is 4.20.